The topological polar surface area (TPSA) is 98.8 Å². The third kappa shape index (κ3) is 7.66. The van der Waals surface area contributed by atoms with Gasteiger partial charge in [-0.1, -0.05) is 78.3 Å². The van der Waals surface area contributed by atoms with Gasteiger partial charge < -0.3 is 14.8 Å². The Morgan fingerprint density at radius 1 is 0.897 bits per heavy atom. The molecule has 0 unspecified atom stereocenters. The minimum atomic E-state index is -0.983. The van der Waals surface area contributed by atoms with Crippen LogP contribution in [0.5, 0.6) is 0 Å². The molecule has 0 spiro atoms. The van der Waals surface area contributed by atoms with Crippen LogP contribution in [0.4, 0.5) is 0 Å². The molecule has 0 aromatic heterocycles. The van der Waals surface area contributed by atoms with Gasteiger partial charge in [0.1, 0.15) is 11.7 Å². The van der Waals surface area contributed by atoms with Gasteiger partial charge in [0.05, 0.1) is 17.9 Å². The van der Waals surface area contributed by atoms with E-state index in [-0.39, 0.29) is 75.7 Å². The first-order valence-electron chi connectivity index (χ1n) is 22.2. The van der Waals surface area contributed by atoms with E-state index in [0.29, 0.717) is 23.3 Å². The molecule has 6 rings (SSSR count). The highest BCUT2D eigenvalue weighted by atomic mass is 35.5. The molecule has 4 fully saturated rings. The molecule has 1 N–H and O–H groups in total. The second-order valence-corrected chi connectivity index (χ2v) is 22.8. The average molecular weight is 819 g/mol. The van der Waals surface area contributed by atoms with Crippen LogP contribution in [0.2, 0.25) is 5.02 Å². The van der Waals surface area contributed by atoms with Crippen molar-refractivity contribution in [2.75, 3.05) is 0 Å². The Morgan fingerprint density at radius 2 is 1.59 bits per heavy atom. The van der Waals surface area contributed by atoms with Crippen molar-refractivity contribution >= 4 is 35.2 Å². The van der Waals surface area contributed by atoms with Gasteiger partial charge in [-0.05, 0) is 168 Å². The van der Waals surface area contributed by atoms with Gasteiger partial charge in [-0.15, -0.1) is 0 Å². The number of ether oxygens (including phenoxy) is 2. The molecule has 5 aliphatic carbocycles. The molecule has 4 saturated carbocycles. The summed E-state index contributed by atoms with van der Waals surface area (Å²) in [6, 6.07) is 7.37. The molecule has 7 nitrogen and oxygen atoms in total. The van der Waals surface area contributed by atoms with Crippen LogP contribution >= 0.6 is 11.6 Å². The highest BCUT2D eigenvalue weighted by molar-refractivity contribution is 6.30. The van der Waals surface area contributed by atoms with Crippen LogP contribution in [-0.4, -0.2) is 35.3 Å². The van der Waals surface area contributed by atoms with Gasteiger partial charge in [-0.25, -0.2) is 0 Å². The van der Waals surface area contributed by atoms with Crippen molar-refractivity contribution in [1.29, 1.82) is 0 Å². The summed E-state index contributed by atoms with van der Waals surface area (Å²) in [6.45, 7) is 27.6. The summed E-state index contributed by atoms with van der Waals surface area (Å²) < 4.78 is 12.0. The molecule has 8 heteroatoms. The second kappa shape index (κ2) is 15.2. The number of nitrogens with one attached hydrogen (secondary N) is 1. The van der Waals surface area contributed by atoms with Crippen molar-refractivity contribution in [1.82, 2.24) is 5.32 Å². The van der Waals surface area contributed by atoms with Crippen LogP contribution in [0.3, 0.4) is 0 Å². The highest BCUT2D eigenvalue weighted by Gasteiger charge is 2.70. The van der Waals surface area contributed by atoms with Crippen LogP contribution in [-0.2, 0) is 28.7 Å². The minimum absolute atomic E-state index is 0.00855. The summed E-state index contributed by atoms with van der Waals surface area (Å²) in [4.78, 5) is 54.1. The molecule has 0 bridgehead atoms. The Labute approximate surface area is 354 Å². The van der Waals surface area contributed by atoms with Gasteiger partial charge in [0.15, 0.2) is 5.78 Å². The van der Waals surface area contributed by atoms with E-state index < -0.39 is 16.4 Å². The fourth-order valence-electron chi connectivity index (χ4n) is 13.4. The van der Waals surface area contributed by atoms with Gasteiger partial charge >= 0.3 is 11.9 Å². The van der Waals surface area contributed by atoms with E-state index in [1.54, 1.807) is 19.9 Å². The molecule has 9 atom stereocenters. The van der Waals surface area contributed by atoms with E-state index >= 15 is 0 Å². The molecule has 1 amide bonds. The summed E-state index contributed by atoms with van der Waals surface area (Å²) in [7, 11) is 0. The number of hydrogen-bond acceptors (Lipinski definition) is 6. The number of carbonyl (C=O) groups excluding carboxylic acids is 4. The molecule has 1 aromatic carbocycles. The van der Waals surface area contributed by atoms with Crippen molar-refractivity contribution in [2.45, 2.75) is 172 Å². The van der Waals surface area contributed by atoms with Gasteiger partial charge in [0.2, 0.25) is 5.91 Å². The van der Waals surface area contributed by atoms with E-state index in [1.807, 2.05) is 52.0 Å². The third-order valence-electron chi connectivity index (χ3n) is 16.5. The number of halogens is 1. The minimum Gasteiger partial charge on any atom is -0.462 e. The normalized spacial score (nSPS) is 35.1. The second-order valence-electron chi connectivity index (χ2n) is 22.4. The SMILES string of the molecule is CC(C)C1=C2[C@H]3CC[C@@H]4[C@@]5(C)CC[C@H](OC(=O)CC(C)(C)C(=O)OC(C)(C)C)C(C)(C)[C@@H]5CC[C@@]4(C)[C@]3(C)CC[C@@]2(C=CC(=O)N[C@H](C)c2cccc(Cl)c2)CC1=O. The van der Waals surface area contributed by atoms with Gasteiger partial charge in [-0.3, -0.25) is 19.2 Å². The summed E-state index contributed by atoms with van der Waals surface area (Å²) in [6.07, 6.45) is 11.9. The smallest absolute Gasteiger partial charge is 0.312 e. The number of allylic oxidation sites excluding steroid dienone is 3. The monoisotopic (exact) mass is 818 g/mol. The Hall–Kier alpha value is -2.93. The largest absolute Gasteiger partial charge is 0.462 e. The van der Waals surface area contributed by atoms with Crippen LogP contribution in [0, 0.1) is 56.2 Å². The molecule has 320 valence electrons. The third-order valence-corrected chi connectivity index (χ3v) is 16.7. The summed E-state index contributed by atoms with van der Waals surface area (Å²) in [5.41, 5.74) is 1.10. The van der Waals surface area contributed by atoms with Crippen molar-refractivity contribution in [3.05, 3.63) is 58.1 Å². The zero-order valence-electron chi connectivity index (χ0n) is 37.8. The van der Waals surface area contributed by atoms with Crippen molar-refractivity contribution in [2.24, 2.45) is 56.2 Å². The standard InChI is InChI=1S/C50H72ClNO6/c1-30(2)41-35(53)28-50(24-21-39(54)52-31(3)32-15-14-16-33(51)27-32)26-25-48(12)34(42(41)50)17-18-37-47(11)22-20-38(46(9,10)36(47)19-23-49(37,48)13)57-40(55)29-45(7,8)43(56)58-44(4,5)6/h14-16,21,24,27,30-31,34,36-38H,17-20,22-23,25-26,28-29H2,1-13H3,(H,52,54)/t31-,34-,36+,37-,38+,47+,48-,49-,50+/m1/s1. The lowest BCUT2D eigenvalue weighted by Crippen LogP contribution is -2.65. The number of carbonyl (C=O) groups is 4. The lowest BCUT2D eigenvalue weighted by molar-refractivity contribution is -0.232. The zero-order valence-corrected chi connectivity index (χ0v) is 38.6. The fourth-order valence-corrected chi connectivity index (χ4v) is 13.6. The maximum Gasteiger partial charge on any atom is 0.312 e. The van der Waals surface area contributed by atoms with E-state index in [1.165, 1.54) is 5.57 Å². The molecule has 0 saturated heterocycles. The van der Waals surface area contributed by atoms with E-state index in [2.05, 4.69) is 59.9 Å². The number of benzene rings is 1. The van der Waals surface area contributed by atoms with Crippen LogP contribution in [0.15, 0.2) is 47.6 Å². The van der Waals surface area contributed by atoms with E-state index in [4.69, 9.17) is 21.1 Å². The first kappa shape index (κ1) is 44.6. The van der Waals surface area contributed by atoms with Crippen LogP contribution in [0.1, 0.15) is 166 Å². The number of Topliss-reactive ketones (excluding diaryl/α,β-unsaturated/α-hetero) is 1. The van der Waals surface area contributed by atoms with Crippen molar-refractivity contribution in [3.8, 4) is 0 Å². The fraction of sp³-hybridized carbons (Fsp3) is 0.720. The quantitative estimate of drug-likeness (QED) is 0.197. The molecule has 58 heavy (non-hydrogen) atoms. The number of fused-ring (bicyclic) bond motifs is 7. The molecular weight excluding hydrogens is 746 g/mol. The summed E-state index contributed by atoms with van der Waals surface area (Å²) in [5, 5.41) is 3.77. The number of ketones is 1. The first-order valence-corrected chi connectivity index (χ1v) is 22.5. The van der Waals surface area contributed by atoms with E-state index in [9.17, 15) is 19.2 Å². The van der Waals surface area contributed by atoms with Gasteiger partial charge in [0.25, 0.3) is 0 Å². The maximum absolute atomic E-state index is 14.1. The Morgan fingerprint density at radius 3 is 2.22 bits per heavy atom. The lowest BCUT2D eigenvalue weighted by Gasteiger charge is -2.72. The van der Waals surface area contributed by atoms with Crippen LogP contribution < -0.4 is 5.32 Å². The Balaban J connectivity index is 1.23. The van der Waals surface area contributed by atoms with Gasteiger partial charge in [0, 0.05) is 22.3 Å². The maximum atomic E-state index is 14.1. The number of esters is 2. The van der Waals surface area contributed by atoms with Crippen molar-refractivity contribution < 1.29 is 28.7 Å². The first-order chi connectivity index (χ1) is 26.7. The lowest BCUT2D eigenvalue weighted by atomic mass is 9.33. The van der Waals surface area contributed by atoms with Gasteiger partial charge in [-0.2, -0.15) is 0 Å². The van der Waals surface area contributed by atoms with Crippen LogP contribution in [0.25, 0.3) is 0 Å². The summed E-state index contributed by atoms with van der Waals surface area (Å²) in [5.74, 6) is 0.620. The number of amides is 1. The summed E-state index contributed by atoms with van der Waals surface area (Å²) >= 11 is 6.24. The Bertz CT molecular complexity index is 1880. The van der Waals surface area contributed by atoms with E-state index in [0.717, 1.165) is 62.5 Å². The predicted octanol–water partition coefficient (Wildman–Crippen LogP) is 11.7. The molecule has 0 aliphatic heterocycles. The molecule has 5 aliphatic rings. The molecule has 0 heterocycles. The number of rotatable bonds is 9. The zero-order chi connectivity index (χ0) is 43.0. The van der Waals surface area contributed by atoms with Crippen molar-refractivity contribution in [3.63, 3.8) is 0 Å². The average Bonchev–Trinajstić information content (AvgIpc) is 3.40. The molecule has 0 radical (unpaired) electrons. The molecular formula is C50H72ClNO6. The number of hydrogen-bond donors (Lipinski definition) is 1. The molecule has 1 aromatic rings. The Kier molecular flexibility index (Phi) is 11.7. The highest BCUT2D eigenvalue weighted by Crippen LogP contribution is 2.77. The predicted molar refractivity (Wildman–Crippen MR) is 231 cm³/mol.